The third-order valence-electron chi connectivity index (χ3n) is 6.11. The van der Waals surface area contributed by atoms with E-state index in [1.54, 1.807) is 75.9 Å². The minimum atomic E-state index is -0.735. The van der Waals surface area contributed by atoms with Crippen molar-refractivity contribution < 1.29 is 28.9 Å². The Morgan fingerprint density at radius 1 is 0.857 bits per heavy atom. The van der Waals surface area contributed by atoms with Crippen LogP contribution in [0, 0.1) is 0 Å². The molecule has 1 aliphatic heterocycles. The Morgan fingerprint density at radius 2 is 1.54 bits per heavy atom. The number of rotatable bonds is 8. The van der Waals surface area contributed by atoms with E-state index in [0.29, 0.717) is 34.8 Å². The first-order chi connectivity index (χ1) is 17.0. The van der Waals surface area contributed by atoms with E-state index in [9.17, 15) is 14.7 Å². The lowest BCUT2D eigenvalue weighted by molar-refractivity contribution is -0.139. The number of aliphatic hydroxyl groups is 1. The molecule has 1 heterocycles. The quantitative estimate of drug-likeness (QED) is 0.297. The van der Waals surface area contributed by atoms with Gasteiger partial charge in [-0.25, -0.2) is 0 Å². The maximum atomic E-state index is 13.2. The van der Waals surface area contributed by atoms with Crippen LogP contribution >= 0.6 is 0 Å². The maximum absolute atomic E-state index is 13.2. The molecule has 1 amide bonds. The molecule has 0 aromatic heterocycles. The molecule has 1 aliphatic rings. The standard InChI is InChI=1S/C28H27NO6/c1-33-21-12-10-19(11-13-21)25-24(26(30)20-7-5-4-6-8-20)27(31)28(32)29(25)16-15-18-9-14-22(34-2)23(17-18)35-3/h4-14,17,25,30H,15-16H2,1-3H3/b26-24-. The van der Waals surface area contributed by atoms with Crippen molar-refractivity contribution in [2.45, 2.75) is 12.5 Å². The lowest BCUT2D eigenvalue weighted by atomic mass is 9.95. The number of likely N-dealkylation sites (tertiary alicyclic amines) is 1. The first-order valence-corrected chi connectivity index (χ1v) is 11.2. The second-order valence-corrected chi connectivity index (χ2v) is 8.07. The van der Waals surface area contributed by atoms with Gasteiger partial charge in [0.15, 0.2) is 11.5 Å². The number of Topliss-reactive ketones (excluding diaryl/α,β-unsaturated/α-hetero) is 1. The summed E-state index contributed by atoms with van der Waals surface area (Å²) in [5, 5.41) is 11.1. The molecule has 180 valence electrons. The lowest BCUT2D eigenvalue weighted by Crippen LogP contribution is -2.31. The van der Waals surface area contributed by atoms with E-state index in [-0.39, 0.29) is 17.9 Å². The Kier molecular flexibility index (Phi) is 7.06. The number of aliphatic hydroxyl groups excluding tert-OH is 1. The Hall–Kier alpha value is -4.26. The van der Waals surface area contributed by atoms with Crippen LogP contribution in [0.15, 0.2) is 78.4 Å². The number of ketones is 1. The highest BCUT2D eigenvalue weighted by molar-refractivity contribution is 6.46. The van der Waals surface area contributed by atoms with Crippen molar-refractivity contribution in [3.63, 3.8) is 0 Å². The first kappa shape index (κ1) is 23.9. The highest BCUT2D eigenvalue weighted by atomic mass is 16.5. The Bertz CT molecular complexity index is 1250. The number of nitrogens with zero attached hydrogens (tertiary/aromatic N) is 1. The summed E-state index contributed by atoms with van der Waals surface area (Å²) in [5.41, 5.74) is 2.17. The molecule has 1 fully saturated rings. The second kappa shape index (κ2) is 10.3. The van der Waals surface area contributed by atoms with Gasteiger partial charge in [-0.1, -0.05) is 48.5 Å². The van der Waals surface area contributed by atoms with Crippen LogP contribution in [-0.4, -0.2) is 49.6 Å². The first-order valence-electron chi connectivity index (χ1n) is 11.2. The fourth-order valence-electron chi connectivity index (χ4n) is 4.28. The molecule has 1 N–H and O–H groups in total. The smallest absolute Gasteiger partial charge is 0.295 e. The van der Waals surface area contributed by atoms with Crippen LogP contribution in [0.3, 0.4) is 0 Å². The fourth-order valence-corrected chi connectivity index (χ4v) is 4.28. The molecule has 0 saturated carbocycles. The summed E-state index contributed by atoms with van der Waals surface area (Å²) in [4.78, 5) is 27.8. The van der Waals surface area contributed by atoms with Crippen molar-refractivity contribution in [3.8, 4) is 17.2 Å². The summed E-state index contributed by atoms with van der Waals surface area (Å²) >= 11 is 0. The average Bonchev–Trinajstić information content (AvgIpc) is 3.16. The zero-order chi connectivity index (χ0) is 24.9. The fraction of sp³-hybridized carbons (Fsp3) is 0.214. The number of benzene rings is 3. The van der Waals surface area contributed by atoms with Gasteiger partial charge < -0.3 is 24.2 Å². The van der Waals surface area contributed by atoms with Gasteiger partial charge in [0.05, 0.1) is 32.9 Å². The predicted octanol–water partition coefficient (Wildman–Crippen LogP) is 4.38. The Morgan fingerprint density at radius 3 is 2.17 bits per heavy atom. The van der Waals surface area contributed by atoms with Crippen LogP contribution in [0.25, 0.3) is 5.76 Å². The molecule has 4 rings (SSSR count). The van der Waals surface area contributed by atoms with Crippen molar-refractivity contribution in [2.24, 2.45) is 0 Å². The molecule has 7 nitrogen and oxygen atoms in total. The zero-order valence-electron chi connectivity index (χ0n) is 19.9. The van der Waals surface area contributed by atoms with Crippen LogP contribution in [0.4, 0.5) is 0 Å². The minimum absolute atomic E-state index is 0.0682. The van der Waals surface area contributed by atoms with E-state index in [1.807, 2.05) is 18.2 Å². The minimum Gasteiger partial charge on any atom is -0.507 e. The molecule has 0 aliphatic carbocycles. The number of ether oxygens (including phenoxy) is 3. The van der Waals surface area contributed by atoms with E-state index in [4.69, 9.17) is 14.2 Å². The molecule has 7 heteroatoms. The van der Waals surface area contributed by atoms with Gasteiger partial charge in [-0.15, -0.1) is 0 Å². The maximum Gasteiger partial charge on any atom is 0.295 e. The normalized spacial score (nSPS) is 16.9. The monoisotopic (exact) mass is 473 g/mol. The Balaban J connectivity index is 1.73. The zero-order valence-corrected chi connectivity index (χ0v) is 19.9. The third kappa shape index (κ3) is 4.71. The number of hydrogen-bond acceptors (Lipinski definition) is 6. The summed E-state index contributed by atoms with van der Waals surface area (Å²) in [6.07, 6.45) is 0.478. The number of carbonyl (C=O) groups is 2. The SMILES string of the molecule is COc1ccc(C2/C(=C(/O)c3ccccc3)C(=O)C(=O)N2CCc2ccc(OC)c(OC)c2)cc1. The van der Waals surface area contributed by atoms with Gasteiger partial charge >= 0.3 is 0 Å². The van der Waals surface area contributed by atoms with Crippen LogP contribution in [0.2, 0.25) is 0 Å². The van der Waals surface area contributed by atoms with Crippen molar-refractivity contribution in [3.05, 3.63) is 95.1 Å². The van der Waals surface area contributed by atoms with E-state index in [0.717, 1.165) is 5.56 Å². The van der Waals surface area contributed by atoms with E-state index in [1.165, 1.54) is 4.90 Å². The van der Waals surface area contributed by atoms with Crippen LogP contribution in [0.5, 0.6) is 17.2 Å². The molecule has 3 aromatic rings. The van der Waals surface area contributed by atoms with Crippen LogP contribution in [-0.2, 0) is 16.0 Å². The van der Waals surface area contributed by atoms with Crippen molar-refractivity contribution in [1.82, 2.24) is 4.90 Å². The van der Waals surface area contributed by atoms with Crippen molar-refractivity contribution in [2.75, 3.05) is 27.9 Å². The molecule has 3 aromatic carbocycles. The summed E-state index contributed by atoms with van der Waals surface area (Å²) in [7, 11) is 4.70. The number of carbonyl (C=O) groups excluding carboxylic acids is 2. The van der Waals surface area contributed by atoms with Gasteiger partial charge in [-0.05, 0) is 41.8 Å². The predicted molar refractivity (Wildman–Crippen MR) is 132 cm³/mol. The summed E-state index contributed by atoms with van der Waals surface area (Å²) in [6.45, 7) is 0.266. The van der Waals surface area contributed by atoms with Gasteiger partial charge in [0.2, 0.25) is 0 Å². The molecule has 0 radical (unpaired) electrons. The number of amides is 1. The van der Waals surface area contributed by atoms with E-state index >= 15 is 0 Å². The summed E-state index contributed by atoms with van der Waals surface area (Å²) < 4.78 is 15.9. The Labute approximate surface area is 204 Å². The van der Waals surface area contributed by atoms with Gasteiger partial charge in [0.1, 0.15) is 11.5 Å². The molecule has 0 spiro atoms. The molecule has 1 unspecified atom stereocenters. The number of methoxy groups -OCH3 is 3. The third-order valence-corrected chi connectivity index (χ3v) is 6.11. The molecule has 1 saturated heterocycles. The molecule has 0 bridgehead atoms. The average molecular weight is 474 g/mol. The highest BCUT2D eigenvalue weighted by Gasteiger charge is 2.45. The van der Waals surface area contributed by atoms with Gasteiger partial charge in [0.25, 0.3) is 11.7 Å². The highest BCUT2D eigenvalue weighted by Crippen LogP contribution is 2.40. The van der Waals surface area contributed by atoms with Crippen LogP contribution in [0.1, 0.15) is 22.7 Å². The molecular formula is C28H27NO6. The van der Waals surface area contributed by atoms with E-state index in [2.05, 4.69) is 0 Å². The second-order valence-electron chi connectivity index (χ2n) is 8.07. The largest absolute Gasteiger partial charge is 0.507 e. The van der Waals surface area contributed by atoms with Crippen molar-refractivity contribution >= 4 is 17.4 Å². The van der Waals surface area contributed by atoms with Gasteiger partial charge in [-0.2, -0.15) is 0 Å². The molecule has 35 heavy (non-hydrogen) atoms. The lowest BCUT2D eigenvalue weighted by Gasteiger charge is -2.25. The van der Waals surface area contributed by atoms with E-state index < -0.39 is 17.7 Å². The molecule has 1 atom stereocenters. The molecular weight excluding hydrogens is 446 g/mol. The summed E-state index contributed by atoms with van der Waals surface area (Å²) in [6, 6.07) is 20.7. The van der Waals surface area contributed by atoms with Crippen LogP contribution < -0.4 is 14.2 Å². The summed E-state index contributed by atoms with van der Waals surface area (Å²) in [5.74, 6) is 0.293. The van der Waals surface area contributed by atoms with Gasteiger partial charge in [-0.3, -0.25) is 9.59 Å². The van der Waals surface area contributed by atoms with Gasteiger partial charge in [0, 0.05) is 12.1 Å². The number of hydrogen-bond donors (Lipinski definition) is 1. The van der Waals surface area contributed by atoms with Crippen molar-refractivity contribution in [1.29, 1.82) is 0 Å². The topological polar surface area (TPSA) is 85.3 Å².